The van der Waals surface area contributed by atoms with Crippen molar-refractivity contribution in [2.75, 3.05) is 6.54 Å². The van der Waals surface area contributed by atoms with Crippen LogP contribution in [0.15, 0.2) is 12.2 Å². The topological polar surface area (TPSA) is 69.6 Å². The van der Waals surface area contributed by atoms with Gasteiger partial charge in [-0.15, -0.1) is 0 Å². The van der Waals surface area contributed by atoms with Gasteiger partial charge in [0.15, 0.2) is 0 Å². The lowest BCUT2D eigenvalue weighted by Crippen LogP contribution is -2.50. The van der Waals surface area contributed by atoms with Gasteiger partial charge >= 0.3 is 12.0 Å². The molecule has 5 nitrogen and oxygen atoms in total. The first-order chi connectivity index (χ1) is 9.16. The summed E-state index contributed by atoms with van der Waals surface area (Å²) in [7, 11) is 0. The molecule has 0 bridgehead atoms. The largest absolute Gasteiger partial charge is 0.480 e. The summed E-state index contributed by atoms with van der Waals surface area (Å²) >= 11 is 0. The first-order valence-electron chi connectivity index (χ1n) is 7.10. The number of carbonyl (C=O) groups excluding carboxylic acids is 1. The summed E-state index contributed by atoms with van der Waals surface area (Å²) in [6, 6.07) is 0.0278. The van der Waals surface area contributed by atoms with Crippen LogP contribution in [-0.2, 0) is 4.79 Å². The molecule has 1 atom stereocenters. The predicted molar refractivity (Wildman–Crippen MR) is 71.9 cm³/mol. The highest BCUT2D eigenvalue weighted by molar-refractivity contribution is 5.80. The highest BCUT2D eigenvalue weighted by Crippen LogP contribution is 2.23. The Bertz CT molecular complexity index is 362. The summed E-state index contributed by atoms with van der Waals surface area (Å²) < 4.78 is 0. The Morgan fingerprint density at radius 1 is 1.21 bits per heavy atom. The lowest BCUT2D eigenvalue weighted by molar-refractivity contribution is -0.138. The fraction of sp³-hybridized carbons (Fsp3) is 0.714. The van der Waals surface area contributed by atoms with Crippen molar-refractivity contribution in [1.29, 1.82) is 0 Å². The number of nitrogens with zero attached hydrogens (tertiary/aromatic N) is 1. The van der Waals surface area contributed by atoms with Gasteiger partial charge in [-0.1, -0.05) is 25.0 Å². The van der Waals surface area contributed by atoms with E-state index in [9.17, 15) is 9.59 Å². The van der Waals surface area contributed by atoms with Crippen LogP contribution in [0.1, 0.15) is 44.9 Å². The molecular weight excluding hydrogens is 244 g/mol. The van der Waals surface area contributed by atoms with E-state index in [1.807, 2.05) is 0 Å². The maximum absolute atomic E-state index is 12.3. The van der Waals surface area contributed by atoms with Crippen molar-refractivity contribution in [1.82, 2.24) is 10.2 Å². The van der Waals surface area contributed by atoms with Gasteiger partial charge in [-0.05, 0) is 32.1 Å². The first-order valence-corrected chi connectivity index (χ1v) is 7.10. The minimum absolute atomic E-state index is 0.0928. The van der Waals surface area contributed by atoms with E-state index in [-0.39, 0.29) is 24.7 Å². The third-order valence-electron chi connectivity index (χ3n) is 3.93. The minimum atomic E-state index is -0.939. The Balaban J connectivity index is 1.93. The Morgan fingerprint density at radius 3 is 2.53 bits per heavy atom. The Morgan fingerprint density at radius 2 is 1.95 bits per heavy atom. The molecule has 0 aromatic carbocycles. The summed E-state index contributed by atoms with van der Waals surface area (Å²) in [5.41, 5.74) is 0. The maximum atomic E-state index is 12.3. The SMILES string of the molecule is O=C(O)CN(C(=O)NC1CC=CCC1)C1CCCC1. The maximum Gasteiger partial charge on any atom is 0.323 e. The number of urea groups is 1. The van der Waals surface area contributed by atoms with Crippen LogP contribution in [0.4, 0.5) is 4.79 Å². The van der Waals surface area contributed by atoms with Gasteiger partial charge in [0.05, 0.1) is 0 Å². The van der Waals surface area contributed by atoms with E-state index < -0.39 is 5.97 Å². The standard InChI is InChI=1S/C14H22N2O3/c17-13(18)10-16(12-8-4-5-9-12)14(19)15-11-6-2-1-3-7-11/h1-2,11-12H,3-10H2,(H,15,19)(H,17,18). The number of carboxylic acid groups (broad SMARTS) is 1. The molecule has 2 amide bonds. The number of allylic oxidation sites excluding steroid dienone is 1. The van der Waals surface area contributed by atoms with Gasteiger partial charge in [0.25, 0.3) is 0 Å². The van der Waals surface area contributed by atoms with Crippen molar-refractivity contribution in [3.05, 3.63) is 12.2 Å². The summed E-state index contributed by atoms with van der Waals surface area (Å²) in [5, 5.41) is 11.9. The van der Waals surface area contributed by atoms with Crippen LogP contribution < -0.4 is 5.32 Å². The van der Waals surface area contributed by atoms with Crippen molar-refractivity contribution in [2.24, 2.45) is 0 Å². The zero-order valence-electron chi connectivity index (χ0n) is 11.2. The van der Waals surface area contributed by atoms with Gasteiger partial charge in [0, 0.05) is 12.1 Å². The van der Waals surface area contributed by atoms with Crippen molar-refractivity contribution in [2.45, 2.75) is 57.0 Å². The molecular formula is C14H22N2O3. The van der Waals surface area contributed by atoms with Gasteiger partial charge in [0.2, 0.25) is 0 Å². The van der Waals surface area contributed by atoms with E-state index in [2.05, 4.69) is 17.5 Å². The molecule has 2 N–H and O–H groups in total. The van der Waals surface area contributed by atoms with E-state index in [4.69, 9.17) is 5.11 Å². The Labute approximate surface area is 113 Å². The third kappa shape index (κ3) is 3.98. The molecule has 0 aliphatic heterocycles. The zero-order chi connectivity index (χ0) is 13.7. The first kappa shape index (κ1) is 13.9. The van der Waals surface area contributed by atoms with Gasteiger partial charge in [0.1, 0.15) is 6.54 Å². The summed E-state index contributed by atoms with van der Waals surface area (Å²) in [4.78, 5) is 24.7. The fourth-order valence-corrected chi connectivity index (χ4v) is 2.91. The second kappa shape index (κ2) is 6.59. The van der Waals surface area contributed by atoms with Crippen molar-refractivity contribution < 1.29 is 14.7 Å². The number of hydrogen-bond donors (Lipinski definition) is 2. The van der Waals surface area contributed by atoms with E-state index >= 15 is 0 Å². The van der Waals surface area contributed by atoms with Crippen LogP contribution in [0.5, 0.6) is 0 Å². The number of amides is 2. The van der Waals surface area contributed by atoms with E-state index in [1.165, 1.54) is 4.90 Å². The van der Waals surface area contributed by atoms with Crippen LogP contribution in [0.2, 0.25) is 0 Å². The molecule has 0 spiro atoms. The molecule has 0 saturated heterocycles. The number of carboxylic acids is 1. The lowest BCUT2D eigenvalue weighted by atomic mass is 10.0. The summed E-state index contributed by atoms with van der Waals surface area (Å²) in [6.45, 7) is -0.195. The van der Waals surface area contributed by atoms with Crippen LogP contribution in [0, 0.1) is 0 Å². The molecule has 19 heavy (non-hydrogen) atoms. The summed E-state index contributed by atoms with van der Waals surface area (Å²) in [5.74, 6) is -0.939. The van der Waals surface area contributed by atoms with Gasteiger partial charge in [-0.2, -0.15) is 0 Å². The fourth-order valence-electron chi connectivity index (χ4n) is 2.91. The van der Waals surface area contributed by atoms with Crippen LogP contribution in [-0.4, -0.2) is 40.6 Å². The molecule has 0 radical (unpaired) electrons. The smallest absolute Gasteiger partial charge is 0.323 e. The van der Waals surface area contributed by atoms with Crippen LogP contribution in [0.25, 0.3) is 0 Å². The number of rotatable bonds is 4. The van der Waals surface area contributed by atoms with E-state index in [1.54, 1.807) is 0 Å². The predicted octanol–water partition coefficient (Wildman–Crippen LogP) is 2.13. The zero-order valence-corrected chi connectivity index (χ0v) is 11.2. The van der Waals surface area contributed by atoms with Gasteiger partial charge in [-0.25, -0.2) is 4.79 Å². The molecule has 1 saturated carbocycles. The highest BCUT2D eigenvalue weighted by Gasteiger charge is 2.29. The van der Waals surface area contributed by atoms with Gasteiger partial charge in [-0.3, -0.25) is 4.79 Å². The molecule has 5 heteroatoms. The van der Waals surface area contributed by atoms with Crippen molar-refractivity contribution in [3.63, 3.8) is 0 Å². The lowest BCUT2D eigenvalue weighted by Gasteiger charge is -2.30. The molecule has 1 fully saturated rings. The molecule has 2 aliphatic rings. The monoisotopic (exact) mass is 266 g/mol. The molecule has 2 rings (SSSR count). The Kier molecular flexibility index (Phi) is 4.82. The molecule has 2 aliphatic carbocycles. The van der Waals surface area contributed by atoms with E-state index in [0.717, 1.165) is 44.9 Å². The summed E-state index contributed by atoms with van der Waals surface area (Å²) in [6.07, 6.45) is 11.0. The van der Waals surface area contributed by atoms with Crippen LogP contribution >= 0.6 is 0 Å². The average molecular weight is 266 g/mol. The number of aliphatic carboxylic acids is 1. The quantitative estimate of drug-likeness (QED) is 0.766. The molecule has 0 aromatic rings. The average Bonchev–Trinajstić information content (AvgIpc) is 2.90. The van der Waals surface area contributed by atoms with Crippen molar-refractivity contribution in [3.8, 4) is 0 Å². The van der Waals surface area contributed by atoms with Gasteiger partial charge < -0.3 is 15.3 Å². The van der Waals surface area contributed by atoms with Crippen molar-refractivity contribution >= 4 is 12.0 Å². The molecule has 106 valence electrons. The highest BCUT2D eigenvalue weighted by atomic mass is 16.4. The number of nitrogens with one attached hydrogen (secondary N) is 1. The Hall–Kier alpha value is -1.52. The second-order valence-corrected chi connectivity index (χ2v) is 5.39. The normalized spacial score (nSPS) is 23.3. The van der Waals surface area contributed by atoms with Crippen LogP contribution in [0.3, 0.4) is 0 Å². The molecule has 0 heterocycles. The second-order valence-electron chi connectivity index (χ2n) is 5.39. The molecule has 1 unspecified atom stereocenters. The minimum Gasteiger partial charge on any atom is -0.480 e. The molecule has 0 aromatic heterocycles. The van der Waals surface area contributed by atoms with E-state index in [0.29, 0.717) is 0 Å². The third-order valence-corrected chi connectivity index (χ3v) is 3.93. The number of carbonyl (C=O) groups is 2. The number of hydrogen-bond acceptors (Lipinski definition) is 2.